The van der Waals surface area contributed by atoms with E-state index in [9.17, 15) is 19.2 Å². The molecule has 0 aliphatic carbocycles. The molecule has 3 aromatic rings. The lowest BCUT2D eigenvalue weighted by Crippen LogP contribution is -2.54. The summed E-state index contributed by atoms with van der Waals surface area (Å²) >= 11 is 5.92. The summed E-state index contributed by atoms with van der Waals surface area (Å²) in [5, 5.41) is 11.8. The molecule has 0 radical (unpaired) electrons. The number of rotatable bonds is 8. The molecule has 0 aromatic heterocycles. The molecule has 2 N–H and O–H groups in total. The van der Waals surface area contributed by atoms with E-state index in [4.69, 9.17) is 26.2 Å². The third kappa shape index (κ3) is 5.79. The van der Waals surface area contributed by atoms with Crippen LogP contribution in [0.15, 0.2) is 72.3 Å². The molecule has 1 aliphatic rings. The van der Waals surface area contributed by atoms with E-state index in [2.05, 4.69) is 5.32 Å². The van der Waals surface area contributed by atoms with E-state index in [0.29, 0.717) is 28.7 Å². The zero-order valence-corrected chi connectivity index (χ0v) is 20.3. The molecule has 4 rings (SSSR count). The van der Waals surface area contributed by atoms with Gasteiger partial charge < -0.3 is 14.6 Å². The number of carbonyl (C=O) groups excluding carboxylic acids is 3. The molecule has 9 nitrogen and oxygen atoms in total. The number of urea groups is 1. The molecule has 0 spiro atoms. The molecule has 3 aromatic carbocycles. The number of benzene rings is 3. The highest BCUT2D eigenvalue weighted by molar-refractivity contribution is 6.39. The fourth-order valence-electron chi connectivity index (χ4n) is 3.56. The van der Waals surface area contributed by atoms with E-state index < -0.39 is 23.8 Å². The van der Waals surface area contributed by atoms with Gasteiger partial charge in [0.1, 0.15) is 12.2 Å². The third-order valence-electron chi connectivity index (χ3n) is 5.36. The van der Waals surface area contributed by atoms with Crippen molar-refractivity contribution < 1.29 is 33.8 Å². The molecule has 4 amide bonds. The fraction of sp³-hybridized carbons (Fsp3) is 0.111. The van der Waals surface area contributed by atoms with Crippen molar-refractivity contribution in [2.45, 2.75) is 13.5 Å². The number of anilines is 1. The van der Waals surface area contributed by atoms with E-state index in [0.717, 1.165) is 10.5 Å². The average molecular weight is 521 g/mol. The van der Waals surface area contributed by atoms with Crippen LogP contribution in [0.3, 0.4) is 0 Å². The van der Waals surface area contributed by atoms with Crippen LogP contribution in [0.25, 0.3) is 6.08 Å². The summed E-state index contributed by atoms with van der Waals surface area (Å²) in [4.78, 5) is 49.9. The molecule has 1 fully saturated rings. The minimum absolute atomic E-state index is 0.0118. The number of aromatic carboxylic acids is 1. The number of carbonyl (C=O) groups is 4. The maximum absolute atomic E-state index is 13.1. The van der Waals surface area contributed by atoms with Crippen LogP contribution < -0.4 is 19.7 Å². The van der Waals surface area contributed by atoms with Crippen LogP contribution in [0.2, 0.25) is 5.02 Å². The van der Waals surface area contributed by atoms with Crippen molar-refractivity contribution in [3.8, 4) is 11.5 Å². The first-order chi connectivity index (χ1) is 17.8. The number of nitrogens with zero attached hydrogens (tertiary/aromatic N) is 1. The van der Waals surface area contributed by atoms with Gasteiger partial charge in [0.15, 0.2) is 11.5 Å². The Morgan fingerprint density at radius 3 is 2.32 bits per heavy atom. The molecule has 10 heteroatoms. The number of hydrogen-bond donors (Lipinski definition) is 2. The molecule has 1 heterocycles. The summed E-state index contributed by atoms with van der Waals surface area (Å²) in [5.41, 5.74) is 1.20. The quantitative estimate of drug-likeness (QED) is 0.326. The Bertz CT molecular complexity index is 1400. The van der Waals surface area contributed by atoms with Gasteiger partial charge in [-0.3, -0.25) is 14.9 Å². The number of carboxylic acid groups (broad SMARTS) is 1. The van der Waals surface area contributed by atoms with Gasteiger partial charge in [0.25, 0.3) is 11.8 Å². The molecule has 1 aliphatic heterocycles. The van der Waals surface area contributed by atoms with Crippen LogP contribution in [0.1, 0.15) is 28.4 Å². The van der Waals surface area contributed by atoms with Gasteiger partial charge in [-0.1, -0.05) is 29.8 Å². The van der Waals surface area contributed by atoms with Crippen LogP contribution >= 0.6 is 11.6 Å². The molecule has 0 saturated carbocycles. The Labute approximate surface area is 216 Å². The van der Waals surface area contributed by atoms with E-state index in [1.807, 2.05) is 19.1 Å². The number of barbiturate groups is 1. The Hall–Kier alpha value is -4.63. The first kappa shape index (κ1) is 25.5. The number of amides is 4. The third-order valence-corrected chi connectivity index (χ3v) is 5.61. The number of halogens is 1. The van der Waals surface area contributed by atoms with Gasteiger partial charge in [0.05, 0.1) is 17.9 Å². The van der Waals surface area contributed by atoms with Gasteiger partial charge in [-0.2, -0.15) is 0 Å². The Morgan fingerprint density at radius 1 is 0.973 bits per heavy atom. The van der Waals surface area contributed by atoms with Gasteiger partial charge in [-0.05, 0) is 72.7 Å². The van der Waals surface area contributed by atoms with Crippen molar-refractivity contribution >= 4 is 47.2 Å². The van der Waals surface area contributed by atoms with Crippen molar-refractivity contribution in [1.29, 1.82) is 0 Å². The lowest BCUT2D eigenvalue weighted by Gasteiger charge is -2.26. The molecular weight excluding hydrogens is 500 g/mol. The number of nitrogens with one attached hydrogen (secondary N) is 1. The number of ether oxygens (including phenoxy) is 2. The summed E-state index contributed by atoms with van der Waals surface area (Å²) in [6.45, 7) is 2.44. The molecule has 0 unspecified atom stereocenters. The van der Waals surface area contributed by atoms with Gasteiger partial charge in [-0.25, -0.2) is 14.5 Å². The Morgan fingerprint density at radius 2 is 1.68 bits per heavy atom. The maximum Gasteiger partial charge on any atom is 0.335 e. The maximum atomic E-state index is 13.1. The van der Waals surface area contributed by atoms with E-state index in [1.54, 1.807) is 30.3 Å². The highest BCUT2D eigenvalue weighted by atomic mass is 35.5. The number of imide groups is 2. The predicted molar refractivity (Wildman–Crippen MR) is 136 cm³/mol. The fourth-order valence-corrected chi connectivity index (χ4v) is 3.68. The summed E-state index contributed by atoms with van der Waals surface area (Å²) in [6, 6.07) is 16.4. The van der Waals surface area contributed by atoms with E-state index in [-0.39, 0.29) is 23.4 Å². The van der Waals surface area contributed by atoms with Crippen LogP contribution in [0, 0.1) is 0 Å². The lowest BCUT2D eigenvalue weighted by molar-refractivity contribution is -0.122. The minimum Gasteiger partial charge on any atom is -0.490 e. The molecule has 0 atom stereocenters. The van der Waals surface area contributed by atoms with Gasteiger partial charge >= 0.3 is 12.0 Å². The normalized spacial score (nSPS) is 14.5. The zero-order chi connectivity index (χ0) is 26.5. The van der Waals surface area contributed by atoms with Crippen LogP contribution in [-0.2, 0) is 16.2 Å². The second kappa shape index (κ2) is 11.0. The highest BCUT2D eigenvalue weighted by Crippen LogP contribution is 2.31. The predicted octanol–water partition coefficient (Wildman–Crippen LogP) is 4.68. The van der Waals surface area contributed by atoms with E-state index in [1.165, 1.54) is 30.3 Å². The number of hydrogen-bond acceptors (Lipinski definition) is 6. The number of carboxylic acids is 1. The summed E-state index contributed by atoms with van der Waals surface area (Å²) in [7, 11) is 0. The smallest absolute Gasteiger partial charge is 0.335 e. The monoisotopic (exact) mass is 520 g/mol. The van der Waals surface area contributed by atoms with Gasteiger partial charge in [0.2, 0.25) is 0 Å². The standard InChI is InChI=1S/C27H21ClN2O7/c1-2-36-23-14-17(5-12-22(23)37-15-16-3-8-19(28)9-4-16)13-21-24(31)29-27(35)30(25(21)32)20-10-6-18(7-11-20)26(33)34/h3-14H,2,15H2,1H3,(H,33,34)(H,29,31,35)/b21-13+. The summed E-state index contributed by atoms with van der Waals surface area (Å²) in [5.74, 6) is -1.98. The second-order valence-corrected chi connectivity index (χ2v) is 8.30. The zero-order valence-electron chi connectivity index (χ0n) is 19.6. The summed E-state index contributed by atoms with van der Waals surface area (Å²) in [6.07, 6.45) is 1.34. The van der Waals surface area contributed by atoms with Crippen LogP contribution in [-0.4, -0.2) is 35.5 Å². The minimum atomic E-state index is -1.15. The lowest BCUT2D eigenvalue weighted by atomic mass is 10.1. The average Bonchev–Trinajstić information content (AvgIpc) is 2.87. The topological polar surface area (TPSA) is 122 Å². The molecule has 37 heavy (non-hydrogen) atoms. The first-order valence-corrected chi connectivity index (χ1v) is 11.5. The Balaban J connectivity index is 1.60. The van der Waals surface area contributed by atoms with Crippen molar-refractivity contribution in [2.24, 2.45) is 0 Å². The molecular formula is C27H21ClN2O7. The van der Waals surface area contributed by atoms with Crippen LogP contribution in [0.5, 0.6) is 11.5 Å². The van der Waals surface area contributed by atoms with Crippen molar-refractivity contribution in [3.05, 3.63) is 94.0 Å². The van der Waals surface area contributed by atoms with Crippen LogP contribution in [0.4, 0.5) is 10.5 Å². The van der Waals surface area contributed by atoms with E-state index >= 15 is 0 Å². The summed E-state index contributed by atoms with van der Waals surface area (Å²) < 4.78 is 11.6. The largest absolute Gasteiger partial charge is 0.490 e. The molecule has 0 bridgehead atoms. The molecule has 188 valence electrons. The Kier molecular flexibility index (Phi) is 7.55. The van der Waals surface area contributed by atoms with Crippen molar-refractivity contribution in [1.82, 2.24) is 5.32 Å². The van der Waals surface area contributed by atoms with Gasteiger partial charge in [-0.15, -0.1) is 0 Å². The molecule has 1 saturated heterocycles. The van der Waals surface area contributed by atoms with Gasteiger partial charge in [0, 0.05) is 5.02 Å². The second-order valence-electron chi connectivity index (χ2n) is 7.86. The SMILES string of the molecule is CCOc1cc(/C=C2\C(=O)NC(=O)N(c3ccc(C(=O)O)cc3)C2=O)ccc1OCc1ccc(Cl)cc1. The van der Waals surface area contributed by atoms with Crippen molar-refractivity contribution in [2.75, 3.05) is 11.5 Å². The first-order valence-electron chi connectivity index (χ1n) is 11.2. The highest BCUT2D eigenvalue weighted by Gasteiger charge is 2.36. The van der Waals surface area contributed by atoms with Crippen molar-refractivity contribution in [3.63, 3.8) is 0 Å².